The molecule has 0 bridgehead atoms. The van der Waals surface area contributed by atoms with Crippen LogP contribution in [0.2, 0.25) is 0 Å². The van der Waals surface area contributed by atoms with E-state index in [0.29, 0.717) is 10.7 Å². The summed E-state index contributed by atoms with van der Waals surface area (Å²) in [5.41, 5.74) is 7.21. The summed E-state index contributed by atoms with van der Waals surface area (Å²) in [5, 5.41) is 0.535. The molecule has 23 heavy (non-hydrogen) atoms. The molecule has 1 aromatic carbocycles. The van der Waals surface area contributed by atoms with Crippen LogP contribution in [-0.4, -0.2) is 66.6 Å². The minimum absolute atomic E-state index is 0.0722. The van der Waals surface area contributed by atoms with Gasteiger partial charge in [-0.2, -0.15) is 0 Å². The quantitative estimate of drug-likeness (QED) is 0.842. The minimum Gasteiger partial charge on any atom is -0.380 e. The summed E-state index contributed by atoms with van der Waals surface area (Å²) in [5.74, 6) is 0.0722. The first-order valence-corrected chi connectivity index (χ1v) is 8.74. The van der Waals surface area contributed by atoms with Gasteiger partial charge in [-0.3, -0.25) is 9.69 Å². The number of nitrogen functional groups attached to an aromatic ring is 1. The molecule has 0 spiro atoms. The van der Waals surface area contributed by atoms with Gasteiger partial charge in [-0.1, -0.05) is 11.3 Å². The van der Waals surface area contributed by atoms with E-state index in [1.807, 2.05) is 30.0 Å². The van der Waals surface area contributed by atoms with Crippen LogP contribution in [0.3, 0.4) is 0 Å². The van der Waals surface area contributed by atoms with Crippen molar-refractivity contribution in [1.29, 1.82) is 0 Å². The number of nitrogens with zero attached hydrogens (tertiary/aromatic N) is 3. The number of carbonyl (C=O) groups is 1. The van der Waals surface area contributed by atoms with Gasteiger partial charge in [0.25, 0.3) is 5.91 Å². The average Bonchev–Trinajstić information content (AvgIpc) is 2.94. The molecule has 1 fully saturated rings. The SMILES string of the molecule is CCOCCN1CCN(C(=O)c2ccc3sc(N)nc3c2)CC1. The van der Waals surface area contributed by atoms with Gasteiger partial charge >= 0.3 is 0 Å². The summed E-state index contributed by atoms with van der Waals surface area (Å²) in [6, 6.07) is 5.63. The number of hydrogen-bond donors (Lipinski definition) is 1. The lowest BCUT2D eigenvalue weighted by molar-refractivity contribution is 0.0565. The number of nitrogens with two attached hydrogens (primary N) is 1. The standard InChI is InChI=1S/C16H22N4O2S/c1-2-22-10-9-19-5-7-20(8-6-19)15(21)12-3-4-14-13(11-12)18-16(17)23-14/h3-4,11H,2,5-10H2,1H3,(H2,17,18). The highest BCUT2D eigenvalue weighted by atomic mass is 32.1. The van der Waals surface area contributed by atoms with Crippen molar-refractivity contribution in [3.8, 4) is 0 Å². The fourth-order valence-electron chi connectivity index (χ4n) is 2.77. The van der Waals surface area contributed by atoms with Crippen LogP contribution >= 0.6 is 11.3 Å². The topological polar surface area (TPSA) is 71.7 Å². The van der Waals surface area contributed by atoms with E-state index in [1.165, 1.54) is 11.3 Å². The molecular formula is C16H22N4O2S. The second-order valence-corrected chi connectivity index (χ2v) is 6.63. The first kappa shape index (κ1) is 16.2. The molecule has 1 aliphatic rings. The lowest BCUT2D eigenvalue weighted by Crippen LogP contribution is -2.49. The maximum atomic E-state index is 12.6. The number of anilines is 1. The Labute approximate surface area is 139 Å². The van der Waals surface area contributed by atoms with Crippen molar-refractivity contribution in [3.63, 3.8) is 0 Å². The molecule has 1 aromatic heterocycles. The van der Waals surface area contributed by atoms with Crippen LogP contribution in [0.25, 0.3) is 10.2 Å². The molecule has 0 atom stereocenters. The van der Waals surface area contributed by atoms with Crippen LogP contribution in [0.5, 0.6) is 0 Å². The third kappa shape index (κ3) is 3.80. The zero-order valence-electron chi connectivity index (χ0n) is 13.3. The normalized spacial score (nSPS) is 16.1. The highest BCUT2D eigenvalue weighted by molar-refractivity contribution is 7.22. The molecule has 2 N–H and O–H groups in total. The number of amides is 1. The molecule has 0 radical (unpaired) electrons. The summed E-state index contributed by atoms with van der Waals surface area (Å²) in [7, 11) is 0. The summed E-state index contributed by atoms with van der Waals surface area (Å²) < 4.78 is 6.40. The summed E-state index contributed by atoms with van der Waals surface area (Å²) in [6.45, 7) is 7.73. The average molecular weight is 334 g/mol. The predicted molar refractivity (Wildman–Crippen MR) is 92.9 cm³/mol. The van der Waals surface area contributed by atoms with E-state index in [-0.39, 0.29) is 5.91 Å². The van der Waals surface area contributed by atoms with Gasteiger partial charge in [0, 0.05) is 44.9 Å². The van der Waals surface area contributed by atoms with Gasteiger partial charge in [0.1, 0.15) is 0 Å². The second-order valence-electron chi connectivity index (χ2n) is 5.57. The summed E-state index contributed by atoms with van der Waals surface area (Å²) >= 11 is 1.44. The van der Waals surface area contributed by atoms with E-state index in [9.17, 15) is 4.79 Å². The second kappa shape index (κ2) is 7.25. The fraction of sp³-hybridized carbons (Fsp3) is 0.500. The first-order valence-electron chi connectivity index (χ1n) is 7.93. The Balaban J connectivity index is 1.59. The molecule has 3 rings (SSSR count). The van der Waals surface area contributed by atoms with Crippen LogP contribution in [0.4, 0.5) is 5.13 Å². The number of carbonyl (C=O) groups excluding carboxylic acids is 1. The van der Waals surface area contributed by atoms with Crippen molar-refractivity contribution >= 4 is 32.6 Å². The summed E-state index contributed by atoms with van der Waals surface area (Å²) in [6.07, 6.45) is 0. The van der Waals surface area contributed by atoms with E-state index in [0.717, 1.165) is 56.2 Å². The largest absolute Gasteiger partial charge is 0.380 e. The number of piperazine rings is 1. The van der Waals surface area contributed by atoms with Gasteiger partial charge in [0.05, 0.1) is 16.8 Å². The lowest BCUT2D eigenvalue weighted by atomic mass is 10.1. The maximum absolute atomic E-state index is 12.6. The molecule has 6 nitrogen and oxygen atoms in total. The number of hydrogen-bond acceptors (Lipinski definition) is 6. The van der Waals surface area contributed by atoms with Crippen LogP contribution in [0.15, 0.2) is 18.2 Å². The molecule has 0 aliphatic carbocycles. The van der Waals surface area contributed by atoms with E-state index in [1.54, 1.807) is 0 Å². The molecule has 1 saturated heterocycles. The Hall–Kier alpha value is -1.70. The van der Waals surface area contributed by atoms with Crippen molar-refractivity contribution < 1.29 is 9.53 Å². The molecule has 0 saturated carbocycles. The molecule has 124 valence electrons. The predicted octanol–water partition coefficient (Wildman–Crippen LogP) is 1.67. The van der Waals surface area contributed by atoms with Crippen molar-refractivity contribution in [2.75, 3.05) is 51.7 Å². The van der Waals surface area contributed by atoms with Crippen molar-refractivity contribution in [2.45, 2.75) is 6.92 Å². The Morgan fingerprint density at radius 1 is 1.35 bits per heavy atom. The van der Waals surface area contributed by atoms with E-state index in [4.69, 9.17) is 10.5 Å². The third-order valence-corrected chi connectivity index (χ3v) is 4.93. The Kier molecular flexibility index (Phi) is 5.09. The molecule has 0 unspecified atom stereocenters. The van der Waals surface area contributed by atoms with Gasteiger partial charge in [-0.25, -0.2) is 4.98 Å². The van der Waals surface area contributed by atoms with E-state index < -0.39 is 0 Å². The van der Waals surface area contributed by atoms with Crippen LogP contribution < -0.4 is 5.73 Å². The number of fused-ring (bicyclic) bond motifs is 1. The van der Waals surface area contributed by atoms with Crippen LogP contribution in [0.1, 0.15) is 17.3 Å². The number of benzene rings is 1. The number of thiazole rings is 1. The minimum atomic E-state index is 0.0722. The lowest BCUT2D eigenvalue weighted by Gasteiger charge is -2.34. The summed E-state index contributed by atoms with van der Waals surface area (Å²) in [4.78, 5) is 21.2. The van der Waals surface area contributed by atoms with Gasteiger partial charge < -0.3 is 15.4 Å². The highest BCUT2D eigenvalue weighted by Gasteiger charge is 2.22. The highest BCUT2D eigenvalue weighted by Crippen LogP contribution is 2.25. The molecule has 2 heterocycles. The zero-order chi connectivity index (χ0) is 16.2. The molecule has 2 aromatic rings. The van der Waals surface area contributed by atoms with Crippen molar-refractivity contribution in [3.05, 3.63) is 23.8 Å². The van der Waals surface area contributed by atoms with Gasteiger partial charge in [-0.05, 0) is 25.1 Å². The van der Waals surface area contributed by atoms with Crippen molar-refractivity contribution in [2.24, 2.45) is 0 Å². The number of ether oxygens (including phenoxy) is 1. The molecular weight excluding hydrogens is 312 g/mol. The van der Waals surface area contributed by atoms with Crippen LogP contribution in [0, 0.1) is 0 Å². The Bertz CT molecular complexity index is 680. The van der Waals surface area contributed by atoms with E-state index in [2.05, 4.69) is 9.88 Å². The third-order valence-electron chi connectivity index (χ3n) is 4.07. The molecule has 1 amide bonds. The fourth-order valence-corrected chi connectivity index (χ4v) is 3.49. The monoisotopic (exact) mass is 334 g/mol. The molecule has 7 heteroatoms. The Morgan fingerprint density at radius 2 is 2.13 bits per heavy atom. The smallest absolute Gasteiger partial charge is 0.254 e. The maximum Gasteiger partial charge on any atom is 0.254 e. The van der Waals surface area contributed by atoms with E-state index >= 15 is 0 Å². The zero-order valence-corrected chi connectivity index (χ0v) is 14.1. The van der Waals surface area contributed by atoms with Crippen LogP contribution in [-0.2, 0) is 4.74 Å². The first-order chi connectivity index (χ1) is 11.2. The van der Waals surface area contributed by atoms with Gasteiger partial charge in [0.2, 0.25) is 0 Å². The number of rotatable bonds is 5. The van der Waals surface area contributed by atoms with Crippen molar-refractivity contribution in [1.82, 2.24) is 14.8 Å². The number of aromatic nitrogens is 1. The van der Waals surface area contributed by atoms with Gasteiger partial charge in [0.15, 0.2) is 5.13 Å². The molecule has 1 aliphatic heterocycles. The Morgan fingerprint density at radius 3 is 2.87 bits per heavy atom. The van der Waals surface area contributed by atoms with Gasteiger partial charge in [-0.15, -0.1) is 0 Å².